The zero-order valence-corrected chi connectivity index (χ0v) is 34.0. The van der Waals surface area contributed by atoms with E-state index in [0.29, 0.717) is 25.5 Å². The fourth-order valence-corrected chi connectivity index (χ4v) is 7.78. The first-order chi connectivity index (χ1) is 27.4. The highest BCUT2D eigenvalue weighted by molar-refractivity contribution is 5.82. The Morgan fingerprint density at radius 1 is 0.912 bits per heavy atom. The number of esters is 1. The van der Waals surface area contributed by atoms with Gasteiger partial charge < -0.3 is 49.9 Å². The smallest absolute Gasteiger partial charge is 0.323 e. The second-order valence-corrected chi connectivity index (χ2v) is 16.1. The van der Waals surface area contributed by atoms with Crippen LogP contribution in [0.2, 0.25) is 0 Å². The molecule has 0 radical (unpaired) electrons. The summed E-state index contributed by atoms with van der Waals surface area (Å²) in [6.07, 6.45) is 0.285. The minimum Gasteiger partial charge on any atom is -0.490 e. The number of hydrogen-bond acceptors (Lipinski definition) is 11. The monoisotopic (exact) mass is 789 g/mol. The number of anilines is 2. The molecule has 4 N–H and O–H groups in total. The van der Waals surface area contributed by atoms with Crippen LogP contribution in [0.5, 0.6) is 11.5 Å². The molecule has 12 nitrogen and oxygen atoms in total. The molecule has 3 aromatic carbocycles. The number of carbonyl (C=O) groups is 2. The fourth-order valence-electron chi connectivity index (χ4n) is 7.78. The fraction of sp³-hybridized carbons (Fsp3) is 0.545. The molecule has 0 aliphatic carbocycles. The predicted molar refractivity (Wildman–Crippen MR) is 218 cm³/mol. The number of amides is 1. The molecule has 13 heteroatoms. The van der Waals surface area contributed by atoms with Crippen LogP contribution >= 0.6 is 0 Å². The Labute approximate surface area is 336 Å². The number of likely N-dealkylation sites (tertiary alicyclic amines) is 1. The molecule has 3 aromatic rings. The third-order valence-electron chi connectivity index (χ3n) is 11.3. The highest BCUT2D eigenvalue weighted by Gasteiger charge is 2.44. The van der Waals surface area contributed by atoms with Gasteiger partial charge in [0.2, 0.25) is 5.91 Å². The maximum Gasteiger partial charge on any atom is 0.323 e. The molecule has 1 amide bonds. The van der Waals surface area contributed by atoms with Gasteiger partial charge in [-0.15, -0.1) is 0 Å². The standard InChI is InChI=1S/C44H60FN5O7/c1-28(2)41(46)43(51)50-25-38(55-27-30-10-15-37-36(22-30)48(19-21-54-37)17-7-20-53-5)40(39(26-50)57-44(52)42(47)29(3)4)31-11-13-34(14-12-31)56-35-16-18-49(24-35)33-9-6-8-32(45)23-33/h6,8-15,22-23,28-29,35,38-42H,7,16-21,24-27,46-47H2,1-5H3/t35-,38-,39+,40+,41-,42-/m0/s1. The van der Waals surface area contributed by atoms with Crippen molar-refractivity contribution < 1.29 is 37.7 Å². The lowest BCUT2D eigenvalue weighted by Gasteiger charge is -2.44. The van der Waals surface area contributed by atoms with Gasteiger partial charge >= 0.3 is 5.97 Å². The molecule has 0 bridgehead atoms. The van der Waals surface area contributed by atoms with Crippen LogP contribution in [0.4, 0.5) is 15.8 Å². The largest absolute Gasteiger partial charge is 0.490 e. The topological polar surface area (TPSA) is 142 Å². The summed E-state index contributed by atoms with van der Waals surface area (Å²) >= 11 is 0. The summed E-state index contributed by atoms with van der Waals surface area (Å²) < 4.78 is 44.6. The number of fused-ring (bicyclic) bond motifs is 1. The summed E-state index contributed by atoms with van der Waals surface area (Å²) in [5.41, 5.74) is 16.4. The first-order valence-corrected chi connectivity index (χ1v) is 20.3. The highest BCUT2D eigenvalue weighted by atomic mass is 19.1. The van der Waals surface area contributed by atoms with E-state index in [0.717, 1.165) is 60.7 Å². The van der Waals surface area contributed by atoms with Gasteiger partial charge in [0.05, 0.1) is 50.0 Å². The Morgan fingerprint density at radius 2 is 1.67 bits per heavy atom. The number of rotatable bonds is 16. The number of piperidine rings is 1. The summed E-state index contributed by atoms with van der Waals surface area (Å²) in [5, 5.41) is 0. The summed E-state index contributed by atoms with van der Waals surface area (Å²) in [5.74, 6) is -0.187. The Bertz CT molecular complexity index is 1790. The molecule has 0 unspecified atom stereocenters. The molecule has 57 heavy (non-hydrogen) atoms. The van der Waals surface area contributed by atoms with Gasteiger partial charge in [-0.2, -0.15) is 0 Å². The van der Waals surface area contributed by atoms with E-state index in [1.54, 1.807) is 24.1 Å². The van der Waals surface area contributed by atoms with Crippen molar-refractivity contribution in [2.45, 2.75) is 83.5 Å². The van der Waals surface area contributed by atoms with E-state index in [1.165, 1.54) is 6.07 Å². The van der Waals surface area contributed by atoms with Gasteiger partial charge in [0.25, 0.3) is 0 Å². The second-order valence-electron chi connectivity index (χ2n) is 16.1. The van der Waals surface area contributed by atoms with Crippen LogP contribution in [0, 0.1) is 17.7 Å². The van der Waals surface area contributed by atoms with Crippen LogP contribution in [0.1, 0.15) is 57.6 Å². The molecule has 0 saturated carbocycles. The molecule has 0 spiro atoms. The molecule has 3 heterocycles. The molecule has 310 valence electrons. The number of methoxy groups -OCH3 is 1. The maximum atomic E-state index is 13.9. The molecule has 6 rings (SSSR count). The van der Waals surface area contributed by atoms with Crippen molar-refractivity contribution in [3.8, 4) is 11.5 Å². The quantitative estimate of drug-likeness (QED) is 0.148. The Hall–Kier alpha value is -4.43. The van der Waals surface area contributed by atoms with Crippen molar-refractivity contribution in [1.29, 1.82) is 0 Å². The molecule has 2 saturated heterocycles. The van der Waals surface area contributed by atoms with Gasteiger partial charge in [-0.3, -0.25) is 9.59 Å². The number of nitrogens with two attached hydrogens (primary N) is 2. The molecule has 6 atom stereocenters. The minimum absolute atomic E-state index is 0.0706. The number of ether oxygens (including phenoxy) is 5. The normalized spacial score (nSPS) is 22.0. The minimum atomic E-state index is -0.840. The number of nitrogens with zero attached hydrogens (tertiary/aromatic N) is 3. The average Bonchev–Trinajstić information content (AvgIpc) is 3.68. The highest BCUT2D eigenvalue weighted by Crippen LogP contribution is 2.37. The molecule has 0 aromatic heterocycles. The van der Waals surface area contributed by atoms with Gasteiger partial charge in [0.15, 0.2) is 0 Å². The Kier molecular flexibility index (Phi) is 14.3. The van der Waals surface area contributed by atoms with E-state index < -0.39 is 36.2 Å². The van der Waals surface area contributed by atoms with Crippen LogP contribution < -0.4 is 30.7 Å². The lowest BCUT2D eigenvalue weighted by molar-refractivity contribution is -0.166. The molecule has 3 aliphatic rings. The number of carbonyl (C=O) groups excluding carboxylic acids is 2. The Balaban J connectivity index is 1.26. The third kappa shape index (κ3) is 10.6. The van der Waals surface area contributed by atoms with Crippen molar-refractivity contribution in [2.75, 3.05) is 69.4 Å². The van der Waals surface area contributed by atoms with Crippen molar-refractivity contribution in [1.82, 2.24) is 4.90 Å². The lowest BCUT2D eigenvalue weighted by Crippen LogP contribution is -2.59. The van der Waals surface area contributed by atoms with Gasteiger partial charge in [0, 0.05) is 45.5 Å². The van der Waals surface area contributed by atoms with Gasteiger partial charge in [-0.25, -0.2) is 4.39 Å². The number of hydrogen-bond donors (Lipinski definition) is 2. The lowest BCUT2D eigenvalue weighted by atomic mass is 9.83. The predicted octanol–water partition coefficient (Wildman–Crippen LogP) is 5.11. The van der Waals surface area contributed by atoms with E-state index in [4.69, 9.17) is 35.2 Å². The van der Waals surface area contributed by atoms with Gasteiger partial charge in [-0.1, -0.05) is 52.0 Å². The first-order valence-electron chi connectivity index (χ1n) is 20.3. The summed E-state index contributed by atoms with van der Waals surface area (Å²) in [6.45, 7) is 12.5. The summed E-state index contributed by atoms with van der Waals surface area (Å²) in [7, 11) is 1.71. The first kappa shape index (κ1) is 42.2. The van der Waals surface area contributed by atoms with Crippen LogP contribution in [-0.4, -0.2) is 107 Å². The zero-order chi connectivity index (χ0) is 40.6. The van der Waals surface area contributed by atoms with Crippen molar-refractivity contribution in [2.24, 2.45) is 23.3 Å². The van der Waals surface area contributed by atoms with E-state index in [-0.39, 0.29) is 49.4 Å². The molecular weight excluding hydrogens is 730 g/mol. The van der Waals surface area contributed by atoms with Crippen molar-refractivity contribution >= 4 is 23.3 Å². The molecule has 3 aliphatic heterocycles. The SMILES string of the molecule is COCCCN1CCOc2ccc(CO[C@H]3CN(C(=O)[C@@H](N)C(C)C)C[C@@H](OC(=O)[C@@H](N)C(C)C)[C@@H]3c3ccc(O[C@H]4CCN(c5cccc(F)c5)C4)cc3)cc21. The number of benzene rings is 3. The van der Waals surface area contributed by atoms with Crippen LogP contribution in [-0.2, 0) is 30.4 Å². The second kappa shape index (κ2) is 19.3. The third-order valence-corrected chi connectivity index (χ3v) is 11.3. The van der Waals surface area contributed by atoms with E-state index in [1.807, 2.05) is 70.2 Å². The van der Waals surface area contributed by atoms with Crippen molar-refractivity contribution in [3.05, 3.63) is 83.7 Å². The van der Waals surface area contributed by atoms with Crippen LogP contribution in [0.3, 0.4) is 0 Å². The van der Waals surface area contributed by atoms with Crippen molar-refractivity contribution in [3.63, 3.8) is 0 Å². The molecular formula is C44H60FN5O7. The Morgan fingerprint density at radius 3 is 2.39 bits per heavy atom. The van der Waals surface area contributed by atoms with Crippen LogP contribution in [0.15, 0.2) is 66.7 Å². The summed E-state index contributed by atoms with van der Waals surface area (Å²) in [6, 6.07) is 18.9. The average molecular weight is 790 g/mol. The van der Waals surface area contributed by atoms with Gasteiger partial charge in [0.1, 0.15) is 42.2 Å². The zero-order valence-electron chi connectivity index (χ0n) is 34.0. The number of halogens is 1. The molecule has 2 fully saturated rings. The van der Waals surface area contributed by atoms with E-state index in [2.05, 4.69) is 15.9 Å². The maximum absolute atomic E-state index is 13.9. The van der Waals surface area contributed by atoms with Gasteiger partial charge in [-0.05, 0) is 71.8 Å². The van der Waals surface area contributed by atoms with Crippen LogP contribution in [0.25, 0.3) is 0 Å². The summed E-state index contributed by atoms with van der Waals surface area (Å²) in [4.78, 5) is 33.4. The van der Waals surface area contributed by atoms with E-state index in [9.17, 15) is 14.0 Å². The van der Waals surface area contributed by atoms with E-state index >= 15 is 0 Å².